The molecule has 6 heteroatoms. The Morgan fingerprint density at radius 3 is 1.22 bits per heavy atom. The van der Waals surface area contributed by atoms with Crippen molar-refractivity contribution >= 4 is 11.9 Å². The van der Waals surface area contributed by atoms with Crippen molar-refractivity contribution in [1.82, 2.24) is 5.32 Å². The molecule has 64 heavy (non-hydrogen) atoms. The van der Waals surface area contributed by atoms with E-state index in [1.165, 1.54) is 205 Å². The Morgan fingerprint density at radius 1 is 0.438 bits per heavy atom. The first-order valence-electron chi connectivity index (χ1n) is 28.3. The largest absolute Gasteiger partial charge is 0.466 e. The van der Waals surface area contributed by atoms with Gasteiger partial charge < -0.3 is 20.3 Å². The fourth-order valence-corrected chi connectivity index (χ4v) is 8.55. The molecule has 0 saturated carbocycles. The molecular weight excluding hydrogens is 791 g/mol. The third-order valence-electron chi connectivity index (χ3n) is 12.9. The summed E-state index contributed by atoms with van der Waals surface area (Å²) in [6, 6.07) is -0.635. The van der Waals surface area contributed by atoms with Gasteiger partial charge in [-0.2, -0.15) is 0 Å². The van der Waals surface area contributed by atoms with E-state index in [2.05, 4.69) is 43.5 Å². The van der Waals surface area contributed by atoms with Gasteiger partial charge in [-0.15, -0.1) is 0 Å². The summed E-state index contributed by atoms with van der Waals surface area (Å²) in [5.41, 5.74) is 0. The van der Waals surface area contributed by atoms with Crippen molar-refractivity contribution < 1.29 is 24.5 Å². The van der Waals surface area contributed by atoms with Crippen LogP contribution in [0.3, 0.4) is 0 Å². The zero-order valence-corrected chi connectivity index (χ0v) is 42.8. The lowest BCUT2D eigenvalue weighted by Gasteiger charge is -2.20. The van der Waals surface area contributed by atoms with E-state index in [0.717, 1.165) is 64.2 Å². The maximum Gasteiger partial charge on any atom is 0.305 e. The van der Waals surface area contributed by atoms with Crippen LogP contribution in [0.4, 0.5) is 0 Å². The van der Waals surface area contributed by atoms with Crippen molar-refractivity contribution in [2.75, 3.05) is 13.2 Å². The van der Waals surface area contributed by atoms with Gasteiger partial charge in [-0.05, 0) is 64.2 Å². The van der Waals surface area contributed by atoms with Crippen LogP contribution in [0.2, 0.25) is 0 Å². The van der Waals surface area contributed by atoms with E-state index in [1.54, 1.807) is 6.08 Å². The van der Waals surface area contributed by atoms with Gasteiger partial charge in [-0.3, -0.25) is 9.59 Å². The molecule has 0 bridgehead atoms. The maximum absolute atomic E-state index is 12.4. The van der Waals surface area contributed by atoms with E-state index >= 15 is 0 Å². The average molecular weight is 901 g/mol. The van der Waals surface area contributed by atoms with E-state index in [0.29, 0.717) is 19.4 Å². The first-order chi connectivity index (χ1) is 31.5. The minimum Gasteiger partial charge on any atom is -0.466 e. The first kappa shape index (κ1) is 62.1. The van der Waals surface area contributed by atoms with Crippen LogP contribution in [0.1, 0.15) is 296 Å². The zero-order valence-electron chi connectivity index (χ0n) is 42.8. The van der Waals surface area contributed by atoms with Crippen LogP contribution in [-0.2, 0) is 14.3 Å². The molecule has 6 nitrogen and oxygen atoms in total. The lowest BCUT2D eigenvalue weighted by Crippen LogP contribution is -2.45. The standard InChI is InChI=1S/C58H109NO5/c1-3-5-7-9-11-13-15-17-19-20-24-28-32-36-40-44-48-52-58(63)64-53-49-45-41-37-33-29-25-21-23-27-31-35-39-43-47-51-57(62)59-55(54-60)56(61)50-46-42-38-34-30-26-22-18-16-14-12-10-8-6-4-2/h11,13,17,19,46,50,55-56,60-61H,3-10,12,14-16,18,20-45,47-49,51-54H2,1-2H3,(H,59,62)/b13-11-,19-17-,50-46+. The summed E-state index contributed by atoms with van der Waals surface area (Å²) in [5, 5.41) is 23.1. The van der Waals surface area contributed by atoms with Crippen LogP contribution >= 0.6 is 0 Å². The fraction of sp³-hybridized carbons (Fsp3) is 0.862. The molecule has 2 atom stereocenters. The number of carbonyl (C=O) groups excluding carboxylic acids is 2. The highest BCUT2D eigenvalue weighted by Gasteiger charge is 2.18. The molecule has 1 amide bonds. The molecule has 0 heterocycles. The van der Waals surface area contributed by atoms with Crippen molar-refractivity contribution in [2.45, 2.75) is 309 Å². The van der Waals surface area contributed by atoms with Gasteiger partial charge in [0, 0.05) is 12.8 Å². The number of allylic oxidation sites excluding steroid dienone is 5. The molecule has 0 aliphatic heterocycles. The van der Waals surface area contributed by atoms with Gasteiger partial charge in [0.1, 0.15) is 0 Å². The van der Waals surface area contributed by atoms with Crippen molar-refractivity contribution in [2.24, 2.45) is 0 Å². The molecule has 3 N–H and O–H groups in total. The van der Waals surface area contributed by atoms with Gasteiger partial charge in [-0.25, -0.2) is 0 Å². The van der Waals surface area contributed by atoms with E-state index in [1.807, 2.05) is 6.08 Å². The third kappa shape index (κ3) is 49.5. The van der Waals surface area contributed by atoms with Gasteiger partial charge in [0.15, 0.2) is 0 Å². The number of esters is 1. The Kier molecular flexibility index (Phi) is 52.1. The molecule has 0 fully saturated rings. The number of hydrogen-bond donors (Lipinski definition) is 3. The molecule has 2 unspecified atom stereocenters. The molecule has 0 aliphatic carbocycles. The van der Waals surface area contributed by atoms with Crippen LogP contribution in [0.25, 0.3) is 0 Å². The Bertz CT molecular complexity index is 1040. The summed E-state index contributed by atoms with van der Waals surface area (Å²) in [6.07, 6.45) is 65.8. The number of ether oxygens (including phenoxy) is 1. The third-order valence-corrected chi connectivity index (χ3v) is 12.9. The van der Waals surface area contributed by atoms with E-state index in [9.17, 15) is 19.8 Å². The Morgan fingerprint density at radius 2 is 0.781 bits per heavy atom. The average Bonchev–Trinajstić information content (AvgIpc) is 3.29. The predicted octanol–water partition coefficient (Wildman–Crippen LogP) is 17.2. The topological polar surface area (TPSA) is 95.9 Å². The molecule has 376 valence electrons. The molecule has 0 radical (unpaired) electrons. The zero-order chi connectivity index (χ0) is 46.5. The van der Waals surface area contributed by atoms with Crippen molar-refractivity contribution in [3.8, 4) is 0 Å². The molecule has 0 aromatic rings. The van der Waals surface area contributed by atoms with Gasteiger partial charge in [-0.1, -0.05) is 256 Å². The highest BCUT2D eigenvalue weighted by Crippen LogP contribution is 2.16. The van der Waals surface area contributed by atoms with E-state index in [-0.39, 0.29) is 18.5 Å². The minimum absolute atomic E-state index is 0.00839. The minimum atomic E-state index is -0.850. The number of unbranched alkanes of at least 4 members (excludes halogenated alkanes) is 37. The monoisotopic (exact) mass is 900 g/mol. The molecule has 0 aromatic carbocycles. The normalized spacial score (nSPS) is 12.9. The van der Waals surface area contributed by atoms with Crippen molar-refractivity contribution in [1.29, 1.82) is 0 Å². The number of aliphatic hydroxyl groups is 2. The quantitative estimate of drug-likeness (QED) is 0.0321. The van der Waals surface area contributed by atoms with Crippen molar-refractivity contribution in [3.63, 3.8) is 0 Å². The summed E-state index contributed by atoms with van der Waals surface area (Å²) in [7, 11) is 0. The van der Waals surface area contributed by atoms with Crippen LogP contribution in [0.5, 0.6) is 0 Å². The molecule has 0 saturated heterocycles. The van der Waals surface area contributed by atoms with Gasteiger partial charge >= 0.3 is 5.97 Å². The molecule has 0 rings (SSSR count). The van der Waals surface area contributed by atoms with Gasteiger partial charge in [0.25, 0.3) is 0 Å². The van der Waals surface area contributed by atoms with Crippen LogP contribution < -0.4 is 5.32 Å². The van der Waals surface area contributed by atoms with Crippen LogP contribution in [0, 0.1) is 0 Å². The summed E-state index contributed by atoms with van der Waals surface area (Å²) in [5.74, 6) is -0.0847. The second-order valence-electron chi connectivity index (χ2n) is 19.3. The highest BCUT2D eigenvalue weighted by atomic mass is 16.5. The maximum atomic E-state index is 12.4. The molecule has 0 aromatic heterocycles. The number of nitrogens with one attached hydrogen (secondary N) is 1. The van der Waals surface area contributed by atoms with Crippen LogP contribution in [0.15, 0.2) is 36.5 Å². The lowest BCUT2D eigenvalue weighted by atomic mass is 10.0. The number of rotatable bonds is 52. The molecule has 0 aliphatic rings. The lowest BCUT2D eigenvalue weighted by molar-refractivity contribution is -0.143. The van der Waals surface area contributed by atoms with E-state index < -0.39 is 12.1 Å². The highest BCUT2D eigenvalue weighted by molar-refractivity contribution is 5.76. The SMILES string of the molecule is CCCCC/C=C\C/C=C\CCCCCCCCCC(=O)OCCCCCCCCCCCCCCCCCC(=O)NC(CO)C(O)/C=C/CCCCCCCCCCCCCCC. The Hall–Kier alpha value is -1.92. The second-order valence-corrected chi connectivity index (χ2v) is 19.3. The summed E-state index contributed by atoms with van der Waals surface area (Å²) < 4.78 is 5.48. The van der Waals surface area contributed by atoms with Gasteiger partial charge in [0.2, 0.25) is 5.91 Å². The molecular formula is C58H109NO5. The summed E-state index contributed by atoms with van der Waals surface area (Å²) >= 11 is 0. The van der Waals surface area contributed by atoms with Gasteiger partial charge in [0.05, 0.1) is 25.4 Å². The Balaban J connectivity index is 3.46. The van der Waals surface area contributed by atoms with Crippen molar-refractivity contribution in [3.05, 3.63) is 36.5 Å². The summed E-state index contributed by atoms with van der Waals surface area (Å²) in [4.78, 5) is 24.5. The smallest absolute Gasteiger partial charge is 0.305 e. The summed E-state index contributed by atoms with van der Waals surface area (Å²) in [6.45, 7) is 4.86. The van der Waals surface area contributed by atoms with Crippen LogP contribution in [-0.4, -0.2) is 47.4 Å². The predicted molar refractivity (Wildman–Crippen MR) is 278 cm³/mol. The number of amides is 1. The Labute approximate surface area is 398 Å². The van der Waals surface area contributed by atoms with E-state index in [4.69, 9.17) is 4.74 Å². The molecule has 0 spiro atoms. The first-order valence-corrected chi connectivity index (χ1v) is 28.3. The number of carbonyl (C=O) groups is 2. The number of aliphatic hydroxyl groups excluding tert-OH is 2. The number of hydrogen-bond acceptors (Lipinski definition) is 5. The fourth-order valence-electron chi connectivity index (χ4n) is 8.55. The second kappa shape index (κ2) is 53.7.